The lowest BCUT2D eigenvalue weighted by atomic mass is 9.74. The van der Waals surface area contributed by atoms with Crippen molar-refractivity contribution in [3.8, 4) is 44.5 Å². The van der Waals surface area contributed by atoms with Gasteiger partial charge in [0.15, 0.2) is 0 Å². The Kier molecular flexibility index (Phi) is 10.1. The Morgan fingerprint density at radius 2 is 0.957 bits per heavy atom. The number of anilines is 3. The van der Waals surface area contributed by atoms with E-state index in [1.54, 1.807) is 0 Å². The maximum absolute atomic E-state index is 6.43. The number of hydrogen-bond donors (Lipinski definition) is 0. The summed E-state index contributed by atoms with van der Waals surface area (Å²) in [6, 6.07) is 81.0. The number of para-hydroxylation sites is 2. The Hall–Kier alpha value is -7.94. The molecule has 0 spiro atoms. The van der Waals surface area contributed by atoms with Gasteiger partial charge in [0.1, 0.15) is 11.2 Å². The van der Waals surface area contributed by atoms with Crippen LogP contribution in [-0.4, -0.2) is 0 Å². The van der Waals surface area contributed by atoms with Crippen molar-refractivity contribution in [1.82, 2.24) is 0 Å². The van der Waals surface area contributed by atoms with Gasteiger partial charge in [-0.2, -0.15) is 0 Å². The highest BCUT2D eigenvalue weighted by atomic mass is 16.3. The molecule has 0 aliphatic heterocycles. The molecule has 0 saturated heterocycles. The molecular weight excluding hydrogens is 847 g/mol. The molecule has 10 aromatic carbocycles. The normalized spacial score (nSPS) is 14.6. The van der Waals surface area contributed by atoms with E-state index in [9.17, 15) is 0 Å². The minimum absolute atomic E-state index is 0.0187. The highest BCUT2D eigenvalue weighted by molar-refractivity contribution is 6.13. The Labute approximate surface area is 412 Å². The first kappa shape index (κ1) is 43.3. The molecule has 1 aliphatic carbocycles. The third-order valence-electron chi connectivity index (χ3n) is 15.0. The van der Waals surface area contributed by atoms with E-state index in [1.165, 1.54) is 66.4 Å². The first-order valence-electron chi connectivity index (χ1n) is 24.7. The van der Waals surface area contributed by atoms with Gasteiger partial charge in [0.05, 0.1) is 5.69 Å². The molecule has 12 rings (SSSR count). The molecule has 0 fully saturated rings. The standard InChI is InChI=1S/C68H57NO/c1-66(2,3)48-39-46(40-49(42-48)67(4,5)6)53-30-18-21-44-22-19-32-57(64(44)53)56-28-12-15-34-61(56)69(50-26-17-23-45(41-50)52-31-20-36-63-65(52)58-29-13-16-35-62(58)70-63)51-37-38-55-54-27-11-14-33-59(54)68(7,60(55)43-51)47-24-9-8-10-25-47/h8-43H,1-7H3. The summed E-state index contributed by atoms with van der Waals surface area (Å²) >= 11 is 0. The lowest BCUT2D eigenvalue weighted by molar-refractivity contribution is 0.569. The molecule has 11 aromatic rings. The lowest BCUT2D eigenvalue weighted by Crippen LogP contribution is -2.22. The number of benzene rings is 10. The molecule has 1 aromatic heterocycles. The Morgan fingerprint density at radius 1 is 0.386 bits per heavy atom. The molecule has 1 unspecified atom stereocenters. The highest BCUT2D eigenvalue weighted by Gasteiger charge is 2.41. The molecule has 0 amide bonds. The summed E-state index contributed by atoms with van der Waals surface area (Å²) < 4.78 is 6.43. The minimum atomic E-state index is -0.369. The summed E-state index contributed by atoms with van der Waals surface area (Å²) in [5.41, 5.74) is 20.9. The van der Waals surface area contributed by atoms with Crippen molar-refractivity contribution in [2.45, 2.75) is 64.7 Å². The van der Waals surface area contributed by atoms with E-state index in [0.29, 0.717) is 0 Å². The molecule has 0 bridgehead atoms. The first-order chi connectivity index (χ1) is 33.9. The van der Waals surface area contributed by atoms with E-state index < -0.39 is 0 Å². The minimum Gasteiger partial charge on any atom is -0.456 e. The number of hydrogen-bond acceptors (Lipinski definition) is 2. The second-order valence-corrected chi connectivity index (χ2v) is 21.5. The van der Waals surface area contributed by atoms with E-state index in [-0.39, 0.29) is 16.2 Å². The van der Waals surface area contributed by atoms with Crippen molar-refractivity contribution < 1.29 is 4.42 Å². The summed E-state index contributed by atoms with van der Waals surface area (Å²) in [4.78, 5) is 2.50. The monoisotopic (exact) mass is 903 g/mol. The second-order valence-electron chi connectivity index (χ2n) is 21.5. The van der Waals surface area contributed by atoms with Gasteiger partial charge in [-0.3, -0.25) is 0 Å². The largest absolute Gasteiger partial charge is 0.456 e. The van der Waals surface area contributed by atoms with Crippen molar-refractivity contribution in [3.05, 3.63) is 246 Å². The molecule has 1 heterocycles. The molecule has 0 saturated carbocycles. The number of rotatable bonds is 7. The molecule has 70 heavy (non-hydrogen) atoms. The SMILES string of the molecule is CC(C)(C)c1cc(-c2cccc3cccc(-c4ccccc4N(c4cccc(-c5cccc6oc7ccccc7c56)c4)c4ccc5c(c4)C(C)(c4ccccc4)c4ccccc4-5)c23)cc(C(C)(C)C)c1. The van der Waals surface area contributed by atoms with Crippen molar-refractivity contribution in [1.29, 1.82) is 0 Å². The molecule has 340 valence electrons. The zero-order chi connectivity index (χ0) is 47.9. The van der Waals surface area contributed by atoms with E-state index in [4.69, 9.17) is 4.42 Å². The highest BCUT2D eigenvalue weighted by Crippen LogP contribution is 2.55. The van der Waals surface area contributed by atoms with Gasteiger partial charge in [-0.05, 0) is 138 Å². The maximum Gasteiger partial charge on any atom is 0.136 e. The van der Waals surface area contributed by atoms with Gasteiger partial charge in [-0.25, -0.2) is 0 Å². The van der Waals surface area contributed by atoms with E-state index in [2.05, 4.69) is 266 Å². The van der Waals surface area contributed by atoms with Gasteiger partial charge in [0.25, 0.3) is 0 Å². The average molecular weight is 904 g/mol. The Bertz CT molecular complexity index is 3780. The van der Waals surface area contributed by atoms with Crippen LogP contribution in [0.2, 0.25) is 0 Å². The fourth-order valence-electron chi connectivity index (χ4n) is 11.3. The molecule has 1 aliphatic rings. The predicted molar refractivity (Wildman–Crippen MR) is 297 cm³/mol. The molecular formula is C68H57NO. The summed E-state index contributed by atoms with van der Waals surface area (Å²) in [5.74, 6) is 0. The first-order valence-corrected chi connectivity index (χ1v) is 24.7. The van der Waals surface area contributed by atoms with Crippen LogP contribution in [0.5, 0.6) is 0 Å². The van der Waals surface area contributed by atoms with Gasteiger partial charge in [0, 0.05) is 33.1 Å². The Balaban J connectivity index is 1.11. The molecule has 2 nitrogen and oxygen atoms in total. The maximum atomic E-state index is 6.43. The van der Waals surface area contributed by atoms with Crippen LogP contribution in [0.3, 0.4) is 0 Å². The van der Waals surface area contributed by atoms with Crippen LogP contribution in [0.25, 0.3) is 77.2 Å². The zero-order valence-electron chi connectivity index (χ0n) is 41.1. The van der Waals surface area contributed by atoms with E-state index in [1.807, 2.05) is 6.07 Å². The second kappa shape index (κ2) is 16.4. The molecule has 0 radical (unpaired) electrons. The van der Waals surface area contributed by atoms with Crippen molar-refractivity contribution in [2.75, 3.05) is 4.90 Å². The van der Waals surface area contributed by atoms with Gasteiger partial charge >= 0.3 is 0 Å². The predicted octanol–water partition coefficient (Wildman–Crippen LogP) is 19.1. The summed E-state index contributed by atoms with van der Waals surface area (Å²) in [6.07, 6.45) is 0. The van der Waals surface area contributed by atoms with E-state index in [0.717, 1.165) is 55.7 Å². The molecule has 2 heteroatoms. The van der Waals surface area contributed by atoms with Crippen LogP contribution in [0.15, 0.2) is 223 Å². The fraction of sp³-hybridized carbons (Fsp3) is 0.147. The van der Waals surface area contributed by atoms with Crippen LogP contribution in [-0.2, 0) is 16.2 Å². The fourth-order valence-corrected chi connectivity index (χ4v) is 11.3. The van der Waals surface area contributed by atoms with Crippen molar-refractivity contribution in [2.24, 2.45) is 0 Å². The smallest absolute Gasteiger partial charge is 0.136 e. The number of nitrogens with zero attached hydrogens (tertiary/aromatic N) is 1. The van der Waals surface area contributed by atoms with Crippen LogP contribution in [0.4, 0.5) is 17.1 Å². The van der Waals surface area contributed by atoms with Gasteiger partial charge < -0.3 is 9.32 Å². The van der Waals surface area contributed by atoms with Gasteiger partial charge in [-0.15, -0.1) is 0 Å². The van der Waals surface area contributed by atoms with Crippen LogP contribution >= 0.6 is 0 Å². The summed E-state index contributed by atoms with van der Waals surface area (Å²) in [5, 5.41) is 4.71. The van der Waals surface area contributed by atoms with Gasteiger partial charge in [0.2, 0.25) is 0 Å². The average Bonchev–Trinajstić information content (AvgIpc) is 3.89. The molecule has 0 N–H and O–H groups in total. The van der Waals surface area contributed by atoms with Crippen molar-refractivity contribution >= 4 is 49.8 Å². The van der Waals surface area contributed by atoms with Crippen LogP contribution < -0.4 is 4.90 Å². The van der Waals surface area contributed by atoms with Crippen molar-refractivity contribution in [3.63, 3.8) is 0 Å². The summed E-state index contributed by atoms with van der Waals surface area (Å²) in [6.45, 7) is 16.4. The van der Waals surface area contributed by atoms with Gasteiger partial charge in [-0.1, -0.05) is 217 Å². The summed E-state index contributed by atoms with van der Waals surface area (Å²) in [7, 11) is 0. The van der Waals surface area contributed by atoms with E-state index >= 15 is 0 Å². The third kappa shape index (κ3) is 7.08. The Morgan fingerprint density at radius 3 is 1.71 bits per heavy atom. The topological polar surface area (TPSA) is 16.4 Å². The number of furan rings is 1. The van der Waals surface area contributed by atoms with Crippen LogP contribution in [0.1, 0.15) is 76.3 Å². The zero-order valence-corrected chi connectivity index (χ0v) is 41.1. The third-order valence-corrected chi connectivity index (χ3v) is 15.0. The van der Waals surface area contributed by atoms with Crippen LogP contribution in [0, 0.1) is 0 Å². The lowest BCUT2D eigenvalue weighted by Gasteiger charge is -2.32. The number of fused-ring (bicyclic) bond motifs is 7. The molecule has 1 atom stereocenters. The quantitative estimate of drug-likeness (QED) is 0.158.